The average Bonchev–Trinajstić information content (AvgIpc) is 2.53. The Morgan fingerprint density at radius 2 is 1.74 bits per heavy atom. The van der Waals surface area contributed by atoms with Crippen molar-refractivity contribution in [2.24, 2.45) is 0 Å². The second-order valence-electron chi connectivity index (χ2n) is 5.74. The summed E-state index contributed by atoms with van der Waals surface area (Å²) in [7, 11) is -1.83. The maximum absolute atomic E-state index is 12.8. The molecule has 0 aliphatic rings. The summed E-state index contributed by atoms with van der Waals surface area (Å²) in [5.74, 6) is -0.157. The molecule has 23 heavy (non-hydrogen) atoms. The number of sulfonamides is 1. The zero-order valence-corrected chi connectivity index (χ0v) is 15.8. The first-order valence-corrected chi connectivity index (χ1v) is 9.52. The van der Waals surface area contributed by atoms with Gasteiger partial charge in [-0.1, -0.05) is 26.8 Å². The molecular formula is C17H28N2O3S. The lowest BCUT2D eigenvalue weighted by Crippen LogP contribution is -2.35. The quantitative estimate of drug-likeness (QED) is 0.767. The number of carbonyl (C=O) groups excluding carboxylic acids is 1. The largest absolute Gasteiger partial charge is 0.339 e. The van der Waals surface area contributed by atoms with Gasteiger partial charge < -0.3 is 4.90 Å². The van der Waals surface area contributed by atoms with Crippen LogP contribution < -0.4 is 0 Å². The summed E-state index contributed by atoms with van der Waals surface area (Å²) in [6, 6.07) is 5.00. The van der Waals surface area contributed by atoms with Crippen molar-refractivity contribution in [3.8, 4) is 0 Å². The van der Waals surface area contributed by atoms with Crippen LogP contribution in [0.3, 0.4) is 0 Å². The minimum atomic E-state index is -3.58. The normalized spacial score (nSPS) is 13.2. The van der Waals surface area contributed by atoms with Crippen LogP contribution in [0.4, 0.5) is 0 Å². The van der Waals surface area contributed by atoms with Gasteiger partial charge in [-0.15, -0.1) is 0 Å². The van der Waals surface area contributed by atoms with Crippen LogP contribution in [0.15, 0.2) is 23.1 Å². The molecule has 1 aromatic carbocycles. The van der Waals surface area contributed by atoms with Crippen molar-refractivity contribution < 1.29 is 13.2 Å². The number of rotatable bonds is 7. The summed E-state index contributed by atoms with van der Waals surface area (Å²) in [5.41, 5.74) is 1.06. The van der Waals surface area contributed by atoms with E-state index in [2.05, 4.69) is 0 Å². The second-order valence-corrected chi connectivity index (χ2v) is 7.65. The topological polar surface area (TPSA) is 57.7 Å². The molecule has 1 rings (SSSR count). The minimum Gasteiger partial charge on any atom is -0.339 e. The van der Waals surface area contributed by atoms with Crippen molar-refractivity contribution in [1.82, 2.24) is 9.21 Å². The minimum absolute atomic E-state index is 0.103. The van der Waals surface area contributed by atoms with Crippen molar-refractivity contribution in [2.45, 2.75) is 52.0 Å². The molecule has 0 bridgehead atoms. The van der Waals surface area contributed by atoms with E-state index in [1.165, 1.54) is 10.4 Å². The van der Waals surface area contributed by atoms with E-state index >= 15 is 0 Å². The van der Waals surface area contributed by atoms with Crippen LogP contribution in [0.2, 0.25) is 0 Å². The fraction of sp³-hybridized carbons (Fsp3) is 0.588. The number of carbonyl (C=O) groups is 1. The lowest BCUT2D eigenvalue weighted by atomic mass is 10.1. The summed E-state index contributed by atoms with van der Waals surface area (Å²) in [4.78, 5) is 14.4. The molecule has 6 heteroatoms. The molecule has 0 aromatic heterocycles. The van der Waals surface area contributed by atoms with Gasteiger partial charge in [-0.05, 0) is 38.0 Å². The van der Waals surface area contributed by atoms with Crippen LogP contribution in [0.5, 0.6) is 0 Å². The molecule has 0 spiro atoms. The number of benzene rings is 1. The van der Waals surface area contributed by atoms with Gasteiger partial charge in [-0.3, -0.25) is 4.79 Å². The van der Waals surface area contributed by atoms with Gasteiger partial charge in [0.25, 0.3) is 5.91 Å². The highest BCUT2D eigenvalue weighted by Gasteiger charge is 2.25. The first-order valence-electron chi connectivity index (χ1n) is 8.08. The molecule has 0 radical (unpaired) electrons. The Bertz CT molecular complexity index is 652. The van der Waals surface area contributed by atoms with E-state index in [0.29, 0.717) is 24.2 Å². The maximum Gasteiger partial charge on any atom is 0.253 e. The molecular weight excluding hydrogens is 312 g/mol. The molecule has 0 saturated heterocycles. The Morgan fingerprint density at radius 3 is 2.22 bits per heavy atom. The molecule has 1 aromatic rings. The van der Waals surface area contributed by atoms with Gasteiger partial charge >= 0.3 is 0 Å². The monoisotopic (exact) mass is 340 g/mol. The Balaban J connectivity index is 3.31. The van der Waals surface area contributed by atoms with Crippen LogP contribution in [0, 0.1) is 6.92 Å². The standard InChI is InChI=1S/C17H28N2O3S/c1-7-14(5)18(6)17(20)15-11-10-13(4)16(12-15)23(21,22)19(8-2)9-3/h10-12,14H,7-9H2,1-6H3. The van der Waals surface area contributed by atoms with Crippen molar-refractivity contribution in [1.29, 1.82) is 0 Å². The predicted molar refractivity (Wildman–Crippen MR) is 93.1 cm³/mol. The third kappa shape index (κ3) is 4.12. The maximum atomic E-state index is 12.8. The van der Waals surface area contributed by atoms with Crippen LogP contribution in [0.1, 0.15) is 50.0 Å². The van der Waals surface area contributed by atoms with Gasteiger partial charge in [0.2, 0.25) is 10.0 Å². The van der Waals surface area contributed by atoms with Crippen molar-refractivity contribution in [3.05, 3.63) is 29.3 Å². The lowest BCUT2D eigenvalue weighted by molar-refractivity contribution is 0.0740. The van der Waals surface area contributed by atoms with Crippen molar-refractivity contribution in [2.75, 3.05) is 20.1 Å². The van der Waals surface area contributed by atoms with Crippen LogP contribution >= 0.6 is 0 Å². The molecule has 0 N–H and O–H groups in total. The van der Waals surface area contributed by atoms with Crippen LogP contribution in [0.25, 0.3) is 0 Å². The van der Waals surface area contributed by atoms with Gasteiger partial charge in [-0.2, -0.15) is 4.31 Å². The Morgan fingerprint density at radius 1 is 1.17 bits per heavy atom. The third-order valence-corrected chi connectivity index (χ3v) is 6.52. The fourth-order valence-corrected chi connectivity index (χ4v) is 4.10. The molecule has 0 fully saturated rings. The lowest BCUT2D eigenvalue weighted by Gasteiger charge is -2.25. The second kappa shape index (κ2) is 7.93. The highest BCUT2D eigenvalue weighted by Crippen LogP contribution is 2.22. The average molecular weight is 340 g/mol. The van der Waals surface area contributed by atoms with Crippen LogP contribution in [-0.2, 0) is 10.0 Å². The van der Waals surface area contributed by atoms with Gasteiger partial charge in [0, 0.05) is 31.7 Å². The Kier molecular flexibility index (Phi) is 6.77. The fourth-order valence-electron chi connectivity index (χ4n) is 2.39. The van der Waals surface area contributed by atoms with Crippen molar-refractivity contribution in [3.63, 3.8) is 0 Å². The number of hydrogen-bond acceptors (Lipinski definition) is 3. The van der Waals surface area contributed by atoms with E-state index in [1.54, 1.807) is 31.0 Å². The third-order valence-electron chi connectivity index (χ3n) is 4.33. The number of amides is 1. The van der Waals surface area contributed by atoms with Gasteiger partial charge in [-0.25, -0.2) is 8.42 Å². The molecule has 0 aliphatic heterocycles. The van der Waals surface area contributed by atoms with E-state index in [-0.39, 0.29) is 16.8 Å². The smallest absolute Gasteiger partial charge is 0.253 e. The summed E-state index contributed by atoms with van der Waals surface area (Å²) >= 11 is 0. The van der Waals surface area contributed by atoms with E-state index in [1.807, 2.05) is 27.7 Å². The van der Waals surface area contributed by atoms with Crippen LogP contribution in [-0.4, -0.2) is 49.7 Å². The molecule has 0 heterocycles. The number of nitrogens with zero attached hydrogens (tertiary/aromatic N) is 2. The molecule has 1 amide bonds. The highest BCUT2D eigenvalue weighted by molar-refractivity contribution is 7.89. The molecule has 0 aliphatic carbocycles. The summed E-state index contributed by atoms with van der Waals surface area (Å²) in [6.07, 6.45) is 0.846. The van der Waals surface area contributed by atoms with E-state index in [9.17, 15) is 13.2 Å². The number of hydrogen-bond donors (Lipinski definition) is 0. The zero-order chi connectivity index (χ0) is 17.8. The zero-order valence-electron chi connectivity index (χ0n) is 15.0. The Labute approximate surface area is 140 Å². The molecule has 1 atom stereocenters. The molecule has 1 unspecified atom stereocenters. The van der Waals surface area contributed by atoms with Gasteiger partial charge in [0.15, 0.2) is 0 Å². The predicted octanol–water partition coefficient (Wildman–Crippen LogP) is 2.90. The van der Waals surface area contributed by atoms with E-state index < -0.39 is 10.0 Å². The van der Waals surface area contributed by atoms with Gasteiger partial charge in [0.05, 0.1) is 4.90 Å². The molecule has 0 saturated carbocycles. The first-order chi connectivity index (χ1) is 10.7. The summed E-state index contributed by atoms with van der Waals surface area (Å²) in [5, 5.41) is 0. The first kappa shape index (κ1) is 19.6. The SMILES string of the molecule is CCC(C)N(C)C(=O)c1ccc(C)c(S(=O)(=O)N(CC)CC)c1. The summed E-state index contributed by atoms with van der Waals surface area (Å²) in [6.45, 7) is 10.2. The van der Waals surface area contributed by atoms with Crippen molar-refractivity contribution >= 4 is 15.9 Å². The molecule has 130 valence electrons. The summed E-state index contributed by atoms with van der Waals surface area (Å²) < 4.78 is 26.9. The van der Waals surface area contributed by atoms with E-state index in [0.717, 1.165) is 6.42 Å². The van der Waals surface area contributed by atoms with Gasteiger partial charge in [0.1, 0.15) is 0 Å². The molecule has 5 nitrogen and oxygen atoms in total. The number of aryl methyl sites for hydroxylation is 1. The Hall–Kier alpha value is -1.40. The van der Waals surface area contributed by atoms with E-state index in [4.69, 9.17) is 0 Å². The highest BCUT2D eigenvalue weighted by atomic mass is 32.2.